The molecule has 0 bridgehead atoms. The van der Waals surface area contributed by atoms with Crippen molar-refractivity contribution in [2.75, 3.05) is 5.32 Å². The van der Waals surface area contributed by atoms with Crippen LogP contribution in [0.25, 0.3) is 10.2 Å². The fourth-order valence-corrected chi connectivity index (χ4v) is 6.30. The number of hydrogen-bond donors (Lipinski definition) is 1. The first-order valence-corrected chi connectivity index (χ1v) is 12.6. The van der Waals surface area contributed by atoms with Gasteiger partial charge in [0.25, 0.3) is 10.0 Å². The molecule has 11 heteroatoms. The van der Waals surface area contributed by atoms with Gasteiger partial charge in [-0.05, 0) is 29.8 Å². The van der Waals surface area contributed by atoms with E-state index in [1.165, 1.54) is 23.6 Å². The van der Waals surface area contributed by atoms with Crippen LogP contribution in [-0.2, 0) is 32.7 Å². The first-order valence-electron chi connectivity index (χ1n) is 10.2. The number of amides is 2. The Balaban J connectivity index is 1.19. The van der Waals surface area contributed by atoms with Gasteiger partial charge in [0.15, 0.2) is 0 Å². The molecule has 0 saturated heterocycles. The second-order valence-corrected chi connectivity index (χ2v) is 10.7. The van der Waals surface area contributed by atoms with Gasteiger partial charge in [-0.25, -0.2) is 4.98 Å². The second-order valence-electron chi connectivity index (χ2n) is 8.04. The maximum absolute atomic E-state index is 13.1. The van der Waals surface area contributed by atoms with Crippen molar-refractivity contribution in [2.24, 2.45) is 0 Å². The number of aromatic nitrogens is 3. The van der Waals surface area contributed by atoms with Gasteiger partial charge >= 0.3 is 0 Å². The van der Waals surface area contributed by atoms with Gasteiger partial charge in [0.05, 0.1) is 38.8 Å². The van der Waals surface area contributed by atoms with Crippen molar-refractivity contribution in [1.82, 2.24) is 19.1 Å². The van der Waals surface area contributed by atoms with Crippen LogP contribution in [0, 0.1) is 0 Å². The van der Waals surface area contributed by atoms with Gasteiger partial charge in [-0.1, -0.05) is 18.2 Å². The summed E-state index contributed by atoms with van der Waals surface area (Å²) in [5.74, 6) is -0.880. The van der Waals surface area contributed by atoms with Crippen molar-refractivity contribution in [2.45, 2.75) is 30.3 Å². The van der Waals surface area contributed by atoms with Crippen molar-refractivity contribution in [1.29, 1.82) is 0 Å². The third kappa shape index (κ3) is 3.23. The molecule has 0 saturated carbocycles. The minimum atomic E-state index is -3.86. The molecule has 2 aromatic heterocycles. The Hall–Kier alpha value is -3.57. The predicted molar refractivity (Wildman–Crippen MR) is 121 cm³/mol. The number of carbonyl (C=O) groups is 2. The molecule has 0 radical (unpaired) electrons. The molecule has 166 valence electrons. The van der Waals surface area contributed by atoms with E-state index in [1.807, 2.05) is 24.3 Å². The van der Waals surface area contributed by atoms with E-state index in [1.54, 1.807) is 22.5 Å². The summed E-state index contributed by atoms with van der Waals surface area (Å²) in [5.41, 5.74) is 5.20. The molecule has 2 amide bonds. The molecule has 0 fully saturated rings. The molecule has 4 heterocycles. The van der Waals surface area contributed by atoms with Gasteiger partial charge < -0.3 is 10.2 Å². The zero-order valence-electron chi connectivity index (χ0n) is 17.1. The Morgan fingerprint density at radius 3 is 2.88 bits per heavy atom. The van der Waals surface area contributed by atoms with E-state index < -0.39 is 15.9 Å². The van der Waals surface area contributed by atoms with Crippen LogP contribution < -0.4 is 5.32 Å². The van der Waals surface area contributed by atoms with Crippen LogP contribution in [-0.4, -0.2) is 39.3 Å². The number of nitrogens with one attached hydrogen (secondary N) is 1. The van der Waals surface area contributed by atoms with Crippen molar-refractivity contribution in [3.8, 4) is 0 Å². The topological polar surface area (TPSA) is 114 Å². The van der Waals surface area contributed by atoms with Crippen LogP contribution in [0.1, 0.15) is 29.2 Å². The normalized spacial score (nSPS) is 17.3. The lowest BCUT2D eigenvalue weighted by Gasteiger charge is -2.18. The fraction of sp³-hybridized carbons (Fsp3) is 0.182. The van der Waals surface area contributed by atoms with Crippen LogP contribution in [0.5, 0.6) is 0 Å². The van der Waals surface area contributed by atoms with E-state index in [-0.39, 0.29) is 36.2 Å². The Bertz CT molecular complexity index is 1530. The Labute approximate surface area is 192 Å². The zero-order valence-corrected chi connectivity index (χ0v) is 18.8. The third-order valence-corrected chi connectivity index (χ3v) is 8.37. The highest BCUT2D eigenvalue weighted by molar-refractivity contribution is 7.89. The molecule has 2 aliphatic heterocycles. The number of nitrogens with zero attached hydrogens (tertiary/aromatic N) is 4. The van der Waals surface area contributed by atoms with Crippen LogP contribution in [0.15, 0.2) is 59.1 Å². The minimum absolute atomic E-state index is 0.0558. The Morgan fingerprint density at radius 1 is 1.18 bits per heavy atom. The van der Waals surface area contributed by atoms with E-state index in [9.17, 15) is 18.0 Å². The maximum Gasteiger partial charge on any atom is 0.283 e. The third-order valence-electron chi connectivity index (χ3n) is 6.05. The smallest absolute Gasteiger partial charge is 0.283 e. The molecule has 0 aliphatic carbocycles. The fourth-order valence-electron chi connectivity index (χ4n) is 4.31. The monoisotopic (exact) mass is 479 g/mol. The number of fused-ring (bicyclic) bond motifs is 3. The molecule has 2 aliphatic rings. The number of benzene rings is 2. The van der Waals surface area contributed by atoms with Crippen LogP contribution in [0.3, 0.4) is 0 Å². The van der Waals surface area contributed by atoms with Gasteiger partial charge in [0.2, 0.25) is 11.8 Å². The van der Waals surface area contributed by atoms with E-state index in [4.69, 9.17) is 0 Å². The predicted octanol–water partition coefficient (Wildman–Crippen LogP) is 2.70. The van der Waals surface area contributed by atoms with Gasteiger partial charge in [-0.3, -0.25) is 9.59 Å². The lowest BCUT2D eigenvalue weighted by atomic mass is 9.97. The van der Waals surface area contributed by atoms with Crippen molar-refractivity contribution in [3.63, 3.8) is 0 Å². The van der Waals surface area contributed by atoms with E-state index in [0.717, 1.165) is 25.6 Å². The number of anilines is 1. The van der Waals surface area contributed by atoms with Crippen LogP contribution in [0.2, 0.25) is 0 Å². The molecular weight excluding hydrogens is 462 g/mol. The van der Waals surface area contributed by atoms with Gasteiger partial charge in [-0.15, -0.1) is 11.3 Å². The molecule has 1 atom stereocenters. The summed E-state index contributed by atoms with van der Waals surface area (Å²) in [6.45, 7) is 0.466. The quantitative estimate of drug-likeness (QED) is 0.481. The van der Waals surface area contributed by atoms with Gasteiger partial charge in [0.1, 0.15) is 0 Å². The number of para-hydroxylation sites is 1. The summed E-state index contributed by atoms with van der Waals surface area (Å²) in [6, 6.07) is 12.1. The number of rotatable bonds is 4. The zero-order chi connectivity index (χ0) is 22.7. The van der Waals surface area contributed by atoms with Crippen molar-refractivity contribution < 1.29 is 18.0 Å². The Kier molecular flexibility index (Phi) is 4.39. The highest BCUT2D eigenvalue weighted by Crippen LogP contribution is 2.35. The molecule has 2 aromatic carbocycles. The standard InChI is InChI=1S/C22H17N5O4S2/c28-21(8-16-15-3-1-2-4-17(15)24-22(16)29)26-9-13-10-27(25-19(13)11-26)33(30,31)14-5-6-18-20(7-14)32-12-23-18/h1-7,10,12,16H,8-9,11H2,(H,24,29). The van der Waals surface area contributed by atoms with Crippen molar-refractivity contribution in [3.05, 3.63) is 71.0 Å². The average Bonchev–Trinajstić information content (AvgIpc) is 3.56. The summed E-state index contributed by atoms with van der Waals surface area (Å²) in [5, 5.41) is 7.07. The number of thiazole rings is 1. The van der Waals surface area contributed by atoms with Gasteiger partial charge in [0, 0.05) is 30.4 Å². The SMILES string of the molecule is O=C1Nc2ccccc2C1CC(=O)N1Cc2cn(S(=O)(=O)c3ccc4ncsc4c3)nc2C1. The minimum Gasteiger partial charge on any atom is -0.332 e. The summed E-state index contributed by atoms with van der Waals surface area (Å²) in [6.07, 6.45) is 1.52. The molecule has 4 aromatic rings. The molecule has 0 spiro atoms. The summed E-state index contributed by atoms with van der Waals surface area (Å²) < 4.78 is 27.9. The number of carbonyl (C=O) groups excluding carboxylic acids is 2. The highest BCUT2D eigenvalue weighted by Gasteiger charge is 2.35. The Morgan fingerprint density at radius 2 is 2.03 bits per heavy atom. The van der Waals surface area contributed by atoms with E-state index in [2.05, 4.69) is 15.4 Å². The van der Waals surface area contributed by atoms with E-state index >= 15 is 0 Å². The molecule has 1 unspecified atom stereocenters. The lowest BCUT2D eigenvalue weighted by molar-refractivity contribution is -0.134. The summed E-state index contributed by atoms with van der Waals surface area (Å²) in [4.78, 5) is 31.2. The first-order chi connectivity index (χ1) is 15.9. The summed E-state index contributed by atoms with van der Waals surface area (Å²) in [7, 11) is -3.86. The maximum atomic E-state index is 13.1. The average molecular weight is 480 g/mol. The van der Waals surface area contributed by atoms with Crippen LogP contribution >= 0.6 is 11.3 Å². The van der Waals surface area contributed by atoms with Gasteiger partial charge in [-0.2, -0.15) is 17.6 Å². The largest absolute Gasteiger partial charge is 0.332 e. The molecule has 1 N–H and O–H groups in total. The second kappa shape index (κ2) is 7.22. The molecule has 33 heavy (non-hydrogen) atoms. The molecule has 6 rings (SSSR count). The first kappa shape index (κ1) is 20.1. The molecule has 9 nitrogen and oxygen atoms in total. The lowest BCUT2D eigenvalue weighted by Crippen LogP contribution is -2.29. The molecular formula is C22H17N5O4S2. The van der Waals surface area contributed by atoms with E-state index in [0.29, 0.717) is 11.3 Å². The van der Waals surface area contributed by atoms with Crippen LogP contribution in [0.4, 0.5) is 5.69 Å². The highest BCUT2D eigenvalue weighted by atomic mass is 32.2. The van der Waals surface area contributed by atoms with Crippen molar-refractivity contribution >= 4 is 49.1 Å². The summed E-state index contributed by atoms with van der Waals surface area (Å²) >= 11 is 1.37. The number of hydrogen-bond acceptors (Lipinski definition) is 7.